The smallest absolute Gasteiger partial charge is 0.344 e. The Bertz CT molecular complexity index is 1170. The zero-order valence-electron chi connectivity index (χ0n) is 14.9. The zero-order valence-corrected chi connectivity index (χ0v) is 15.7. The van der Waals surface area contributed by atoms with Crippen molar-refractivity contribution in [2.75, 3.05) is 23.0 Å². The van der Waals surface area contributed by atoms with Crippen LogP contribution in [0, 0.1) is 0 Å². The highest BCUT2D eigenvalue weighted by Gasteiger charge is 2.37. The van der Waals surface area contributed by atoms with E-state index in [1.165, 1.54) is 11.6 Å². The molecule has 4 rings (SSSR count). The van der Waals surface area contributed by atoms with Crippen molar-refractivity contribution in [2.24, 2.45) is 0 Å². The summed E-state index contributed by atoms with van der Waals surface area (Å²) in [5.74, 6) is 0.139. The Morgan fingerprint density at radius 3 is 2.64 bits per heavy atom. The first kappa shape index (κ1) is 18.5. The maximum absolute atomic E-state index is 13.0. The highest BCUT2D eigenvalue weighted by Crippen LogP contribution is 2.41. The summed E-state index contributed by atoms with van der Waals surface area (Å²) in [5.41, 5.74) is -0.258. The van der Waals surface area contributed by atoms with Crippen molar-refractivity contribution < 1.29 is 21.6 Å². The van der Waals surface area contributed by atoms with Crippen molar-refractivity contribution in [1.82, 2.24) is 14.8 Å². The monoisotopic (exact) mass is 411 g/mol. The Morgan fingerprint density at radius 1 is 1.25 bits per heavy atom. The van der Waals surface area contributed by atoms with Gasteiger partial charge in [-0.15, -0.1) is 0 Å². The van der Waals surface area contributed by atoms with E-state index in [0.717, 1.165) is 12.3 Å². The molecule has 0 bridgehead atoms. The van der Waals surface area contributed by atoms with Gasteiger partial charge in [-0.05, 0) is 18.2 Å². The standard InChI is InChI=1S/C17H16F3N5O2S/c1-3-28(26,27)15-11-6-4-5-7-12(11)23-25(15)16-22-13-8-10(17(18,19)20)9-21-14(13)24(16)2/h4-9,16,22H,3H2,1-2H3. The summed E-state index contributed by atoms with van der Waals surface area (Å²) in [5, 5.41) is 7.78. The van der Waals surface area contributed by atoms with Crippen molar-refractivity contribution >= 4 is 32.2 Å². The van der Waals surface area contributed by atoms with Gasteiger partial charge in [0.05, 0.1) is 22.5 Å². The summed E-state index contributed by atoms with van der Waals surface area (Å²) < 4.78 is 65.8. The van der Waals surface area contributed by atoms with E-state index in [1.54, 1.807) is 36.2 Å². The normalized spacial score (nSPS) is 17.0. The minimum absolute atomic E-state index is 0.0128. The molecule has 0 saturated carbocycles. The third-order valence-corrected chi connectivity index (χ3v) is 6.40. The number of alkyl halides is 3. The first-order valence-corrected chi connectivity index (χ1v) is 10.1. The fourth-order valence-corrected chi connectivity index (χ4v) is 4.42. The molecule has 3 aromatic rings. The summed E-state index contributed by atoms with van der Waals surface area (Å²) in [6.07, 6.45) is -4.62. The van der Waals surface area contributed by atoms with Gasteiger partial charge in [0.1, 0.15) is 0 Å². The third kappa shape index (κ3) is 2.77. The Kier molecular flexibility index (Phi) is 4.03. The van der Waals surface area contributed by atoms with Crippen LogP contribution in [0.2, 0.25) is 0 Å². The molecule has 1 aliphatic rings. The zero-order chi connectivity index (χ0) is 20.3. The molecule has 0 aliphatic carbocycles. The molecule has 148 valence electrons. The molecule has 1 aliphatic heterocycles. The molecule has 2 aromatic heterocycles. The van der Waals surface area contributed by atoms with Crippen molar-refractivity contribution in [2.45, 2.75) is 24.4 Å². The number of nitrogens with zero attached hydrogens (tertiary/aromatic N) is 4. The summed E-state index contributed by atoms with van der Waals surface area (Å²) in [4.78, 5) is 5.45. The number of halogens is 3. The van der Waals surface area contributed by atoms with Crippen LogP contribution in [0.15, 0.2) is 41.6 Å². The number of pyridine rings is 1. The maximum atomic E-state index is 13.0. The molecule has 0 radical (unpaired) electrons. The van der Waals surface area contributed by atoms with Crippen molar-refractivity contribution in [3.05, 3.63) is 42.1 Å². The van der Waals surface area contributed by atoms with Crippen molar-refractivity contribution in [1.29, 1.82) is 0 Å². The number of rotatable bonds is 3. The number of anilines is 2. The Morgan fingerprint density at radius 2 is 1.96 bits per heavy atom. The predicted molar refractivity (Wildman–Crippen MR) is 97.8 cm³/mol. The first-order chi connectivity index (χ1) is 13.1. The van der Waals surface area contributed by atoms with Gasteiger partial charge >= 0.3 is 6.18 Å². The lowest BCUT2D eigenvalue weighted by atomic mass is 10.2. The molecule has 1 atom stereocenters. The van der Waals surface area contributed by atoms with Gasteiger partial charge in [0.15, 0.2) is 20.7 Å². The lowest BCUT2D eigenvalue weighted by molar-refractivity contribution is -0.137. The van der Waals surface area contributed by atoms with Gasteiger partial charge in [-0.2, -0.15) is 18.3 Å². The van der Waals surface area contributed by atoms with E-state index in [4.69, 9.17) is 0 Å². The maximum Gasteiger partial charge on any atom is 0.417 e. The van der Waals surface area contributed by atoms with Crippen LogP contribution in [0.4, 0.5) is 24.7 Å². The van der Waals surface area contributed by atoms with Gasteiger partial charge in [-0.3, -0.25) is 0 Å². The van der Waals surface area contributed by atoms with Crippen molar-refractivity contribution in [3.8, 4) is 0 Å². The van der Waals surface area contributed by atoms with Crippen LogP contribution in [-0.2, 0) is 16.0 Å². The second-order valence-corrected chi connectivity index (χ2v) is 8.59. The van der Waals surface area contributed by atoms with E-state index >= 15 is 0 Å². The highest BCUT2D eigenvalue weighted by molar-refractivity contribution is 7.91. The summed E-state index contributed by atoms with van der Waals surface area (Å²) in [7, 11) is -2.05. The van der Waals surface area contributed by atoms with E-state index in [1.807, 2.05) is 0 Å². The second-order valence-electron chi connectivity index (χ2n) is 6.39. The number of hydrogen-bond acceptors (Lipinski definition) is 6. The molecule has 3 heterocycles. The lowest BCUT2D eigenvalue weighted by Gasteiger charge is -2.23. The summed E-state index contributed by atoms with van der Waals surface area (Å²) in [6, 6.07) is 7.74. The molecule has 0 saturated heterocycles. The van der Waals surface area contributed by atoms with Crippen LogP contribution < -0.4 is 10.2 Å². The molecule has 0 spiro atoms. The number of fused-ring (bicyclic) bond motifs is 2. The van der Waals surface area contributed by atoms with Gasteiger partial charge in [0, 0.05) is 18.6 Å². The van der Waals surface area contributed by atoms with Gasteiger partial charge in [-0.25, -0.2) is 18.1 Å². The first-order valence-electron chi connectivity index (χ1n) is 8.40. The fraction of sp³-hybridized carbons (Fsp3) is 0.294. The minimum atomic E-state index is -4.53. The lowest BCUT2D eigenvalue weighted by Crippen LogP contribution is -2.32. The highest BCUT2D eigenvalue weighted by atomic mass is 32.2. The Hall–Kier alpha value is -2.82. The molecule has 28 heavy (non-hydrogen) atoms. The van der Waals surface area contributed by atoms with Gasteiger partial charge in [0.25, 0.3) is 0 Å². The second kappa shape index (κ2) is 6.09. The van der Waals surface area contributed by atoms with Crippen LogP contribution in [0.3, 0.4) is 0 Å². The topological polar surface area (TPSA) is 80.1 Å². The minimum Gasteiger partial charge on any atom is -0.344 e. The average Bonchev–Trinajstić information content (AvgIpc) is 3.19. The number of nitrogens with one attached hydrogen (secondary N) is 1. The largest absolute Gasteiger partial charge is 0.417 e. The predicted octanol–water partition coefficient (Wildman–Crippen LogP) is 3.26. The number of aromatic nitrogens is 3. The molecular formula is C17H16F3N5O2S. The molecule has 1 unspecified atom stereocenters. The van der Waals surface area contributed by atoms with E-state index in [-0.39, 0.29) is 22.3 Å². The molecule has 0 amide bonds. The van der Waals surface area contributed by atoms with Crippen LogP contribution in [0.5, 0.6) is 0 Å². The molecule has 1 aromatic carbocycles. The van der Waals surface area contributed by atoms with E-state index in [0.29, 0.717) is 10.9 Å². The number of hydrogen-bond donors (Lipinski definition) is 1. The van der Waals surface area contributed by atoms with Gasteiger partial charge in [0.2, 0.25) is 6.29 Å². The van der Waals surface area contributed by atoms with Crippen molar-refractivity contribution in [3.63, 3.8) is 0 Å². The van der Waals surface area contributed by atoms with E-state index in [9.17, 15) is 21.6 Å². The van der Waals surface area contributed by atoms with Gasteiger partial charge in [-0.1, -0.05) is 19.1 Å². The van der Waals surface area contributed by atoms with E-state index in [2.05, 4.69) is 15.4 Å². The Balaban J connectivity index is 1.86. The average molecular weight is 411 g/mol. The molecule has 11 heteroatoms. The number of benzene rings is 1. The molecule has 7 nitrogen and oxygen atoms in total. The van der Waals surface area contributed by atoms with E-state index < -0.39 is 27.9 Å². The van der Waals surface area contributed by atoms with Crippen LogP contribution >= 0.6 is 0 Å². The SMILES string of the molecule is CCS(=O)(=O)c1c2ccccc2nn1C1Nc2cc(C(F)(F)F)cnc2N1C. The molecule has 1 N–H and O–H groups in total. The number of sulfone groups is 1. The molecule has 0 fully saturated rings. The third-order valence-electron chi connectivity index (χ3n) is 4.64. The summed E-state index contributed by atoms with van der Waals surface area (Å²) in [6.45, 7) is 1.53. The fourth-order valence-electron chi connectivity index (χ4n) is 3.22. The van der Waals surface area contributed by atoms with Gasteiger partial charge < -0.3 is 10.2 Å². The Labute approximate surface area is 158 Å². The van der Waals surface area contributed by atoms with Crippen LogP contribution in [0.1, 0.15) is 18.8 Å². The summed E-state index contributed by atoms with van der Waals surface area (Å²) >= 11 is 0. The quantitative estimate of drug-likeness (QED) is 0.713. The molecular weight excluding hydrogens is 395 g/mol. The van der Waals surface area contributed by atoms with Crippen LogP contribution in [-0.4, -0.2) is 36.0 Å². The van der Waals surface area contributed by atoms with Crippen LogP contribution in [0.25, 0.3) is 10.9 Å².